The summed E-state index contributed by atoms with van der Waals surface area (Å²) in [7, 11) is 1.53. The Balaban J connectivity index is 1.80. The molecule has 0 radical (unpaired) electrons. The molecule has 0 unspecified atom stereocenters. The van der Waals surface area contributed by atoms with Gasteiger partial charge in [0.1, 0.15) is 10.6 Å². The van der Waals surface area contributed by atoms with Crippen molar-refractivity contribution in [1.82, 2.24) is 0 Å². The van der Waals surface area contributed by atoms with Gasteiger partial charge in [-0.1, -0.05) is 40.2 Å². The average Bonchev–Trinajstić information content (AvgIpc) is 3.16. The number of halogens is 1. The number of amides is 1. The molecule has 0 fully saturated rings. The van der Waals surface area contributed by atoms with Crippen LogP contribution >= 0.6 is 27.3 Å². The number of methoxy groups -OCH3 is 1. The number of carbonyl (C=O) groups excluding carboxylic acids is 2. The summed E-state index contributed by atoms with van der Waals surface area (Å²) in [5, 5.41) is 5.01. The third-order valence-corrected chi connectivity index (χ3v) is 5.53. The van der Waals surface area contributed by atoms with Crippen molar-refractivity contribution in [3.63, 3.8) is 0 Å². The lowest BCUT2D eigenvalue weighted by molar-refractivity contribution is -0.118. The van der Waals surface area contributed by atoms with E-state index in [-0.39, 0.29) is 13.2 Å². The van der Waals surface area contributed by atoms with Gasteiger partial charge < -0.3 is 19.5 Å². The van der Waals surface area contributed by atoms with E-state index in [1.54, 1.807) is 25.1 Å². The summed E-state index contributed by atoms with van der Waals surface area (Å²) in [5.41, 5.74) is 1.88. The number of rotatable bonds is 8. The predicted octanol–water partition coefficient (Wildman–Crippen LogP) is 5.38. The monoisotopic (exact) mass is 489 g/mol. The van der Waals surface area contributed by atoms with E-state index in [9.17, 15) is 9.59 Å². The molecular formula is C22H20BrNO5S. The Hall–Kier alpha value is -2.84. The summed E-state index contributed by atoms with van der Waals surface area (Å²) < 4.78 is 16.9. The number of thiophene rings is 1. The molecule has 3 rings (SSSR count). The normalized spacial score (nSPS) is 10.4. The fraction of sp³-hybridized carbons (Fsp3) is 0.182. The maximum Gasteiger partial charge on any atom is 0.341 e. The van der Waals surface area contributed by atoms with Gasteiger partial charge in [0.2, 0.25) is 0 Å². The highest BCUT2D eigenvalue weighted by Gasteiger charge is 2.23. The van der Waals surface area contributed by atoms with Crippen LogP contribution in [0.2, 0.25) is 0 Å². The van der Waals surface area contributed by atoms with Crippen LogP contribution in [0.3, 0.4) is 0 Å². The number of benzene rings is 2. The van der Waals surface area contributed by atoms with Crippen molar-refractivity contribution in [3.8, 4) is 22.6 Å². The molecule has 1 aromatic heterocycles. The van der Waals surface area contributed by atoms with Crippen LogP contribution in [-0.4, -0.2) is 32.2 Å². The maximum atomic E-state index is 12.6. The fourth-order valence-electron chi connectivity index (χ4n) is 2.74. The van der Waals surface area contributed by atoms with E-state index in [2.05, 4.69) is 21.2 Å². The minimum atomic E-state index is -0.488. The molecule has 2 aromatic carbocycles. The van der Waals surface area contributed by atoms with E-state index in [1.807, 2.05) is 35.7 Å². The fourth-order valence-corrected chi connectivity index (χ4v) is 3.98. The zero-order valence-electron chi connectivity index (χ0n) is 16.4. The van der Waals surface area contributed by atoms with Crippen molar-refractivity contribution in [2.45, 2.75) is 6.92 Å². The van der Waals surface area contributed by atoms with Gasteiger partial charge in [0, 0.05) is 15.4 Å². The lowest BCUT2D eigenvalue weighted by atomic mass is 10.0. The van der Waals surface area contributed by atoms with E-state index < -0.39 is 11.9 Å². The van der Waals surface area contributed by atoms with E-state index >= 15 is 0 Å². The van der Waals surface area contributed by atoms with E-state index in [0.29, 0.717) is 27.6 Å². The zero-order chi connectivity index (χ0) is 21.5. The van der Waals surface area contributed by atoms with Crippen molar-refractivity contribution in [1.29, 1.82) is 0 Å². The van der Waals surface area contributed by atoms with Gasteiger partial charge in [0.25, 0.3) is 5.91 Å². The lowest BCUT2D eigenvalue weighted by Crippen LogP contribution is -2.21. The molecule has 0 atom stereocenters. The molecular weight excluding hydrogens is 470 g/mol. The van der Waals surface area contributed by atoms with Crippen LogP contribution in [-0.2, 0) is 9.53 Å². The SMILES string of the molecule is CCOC(=O)c1c(-c2ccc(Br)cc2)csc1NC(=O)COc1ccccc1OC. The Kier molecular flexibility index (Phi) is 7.48. The van der Waals surface area contributed by atoms with Crippen molar-refractivity contribution in [3.05, 3.63) is 63.9 Å². The summed E-state index contributed by atoms with van der Waals surface area (Å²) >= 11 is 4.67. The maximum absolute atomic E-state index is 12.6. The van der Waals surface area contributed by atoms with Crippen LogP contribution in [0, 0.1) is 0 Å². The van der Waals surface area contributed by atoms with E-state index in [0.717, 1.165) is 10.0 Å². The number of esters is 1. The second kappa shape index (κ2) is 10.3. The highest BCUT2D eigenvalue weighted by Crippen LogP contribution is 2.36. The largest absolute Gasteiger partial charge is 0.493 e. The van der Waals surface area contributed by atoms with Gasteiger partial charge in [-0.25, -0.2) is 4.79 Å². The molecule has 156 valence electrons. The van der Waals surface area contributed by atoms with Gasteiger partial charge in [0.05, 0.1) is 13.7 Å². The third-order valence-electron chi connectivity index (χ3n) is 4.11. The lowest BCUT2D eigenvalue weighted by Gasteiger charge is -2.11. The van der Waals surface area contributed by atoms with Gasteiger partial charge in [-0.3, -0.25) is 4.79 Å². The molecule has 1 heterocycles. The molecule has 0 bridgehead atoms. The standard InChI is InChI=1S/C22H20BrNO5S/c1-3-28-22(26)20-16(14-8-10-15(23)11-9-14)13-30-21(20)24-19(25)12-29-18-7-5-4-6-17(18)27-2/h4-11,13H,3,12H2,1-2H3,(H,24,25). The Labute approximate surface area is 186 Å². The number of para-hydroxylation sites is 2. The molecule has 0 spiro atoms. The first-order valence-electron chi connectivity index (χ1n) is 9.13. The number of nitrogens with one attached hydrogen (secondary N) is 1. The molecule has 1 N–H and O–H groups in total. The third kappa shape index (κ3) is 5.20. The van der Waals surface area contributed by atoms with Crippen LogP contribution in [0.5, 0.6) is 11.5 Å². The number of hydrogen-bond donors (Lipinski definition) is 1. The molecule has 1 amide bonds. The highest BCUT2D eigenvalue weighted by atomic mass is 79.9. The van der Waals surface area contributed by atoms with Gasteiger partial charge in [-0.05, 0) is 36.8 Å². The smallest absolute Gasteiger partial charge is 0.341 e. The van der Waals surface area contributed by atoms with Crippen molar-refractivity contribution >= 4 is 44.1 Å². The predicted molar refractivity (Wildman–Crippen MR) is 121 cm³/mol. The van der Waals surface area contributed by atoms with Crippen molar-refractivity contribution in [2.24, 2.45) is 0 Å². The molecule has 0 aliphatic heterocycles. The summed E-state index contributed by atoms with van der Waals surface area (Å²) in [6, 6.07) is 14.6. The molecule has 30 heavy (non-hydrogen) atoms. The van der Waals surface area contributed by atoms with E-state index in [1.165, 1.54) is 18.4 Å². The molecule has 8 heteroatoms. The Morgan fingerprint density at radius 2 is 1.77 bits per heavy atom. The summed E-state index contributed by atoms with van der Waals surface area (Å²) in [6.07, 6.45) is 0. The highest BCUT2D eigenvalue weighted by molar-refractivity contribution is 9.10. The van der Waals surface area contributed by atoms with Crippen molar-refractivity contribution < 1.29 is 23.8 Å². The van der Waals surface area contributed by atoms with Gasteiger partial charge in [0.15, 0.2) is 18.1 Å². The average molecular weight is 490 g/mol. The number of carbonyl (C=O) groups is 2. The van der Waals surface area contributed by atoms with Crippen LogP contribution in [0.25, 0.3) is 11.1 Å². The Morgan fingerprint density at radius 1 is 1.07 bits per heavy atom. The van der Waals surface area contributed by atoms with Gasteiger partial charge in [-0.15, -0.1) is 11.3 Å². The summed E-state index contributed by atoms with van der Waals surface area (Å²) in [6.45, 7) is 1.75. The second-order valence-electron chi connectivity index (χ2n) is 6.07. The first-order chi connectivity index (χ1) is 14.5. The molecule has 3 aromatic rings. The minimum absolute atomic E-state index is 0.228. The van der Waals surface area contributed by atoms with Crippen LogP contribution in [0.4, 0.5) is 5.00 Å². The number of ether oxygens (including phenoxy) is 3. The summed E-state index contributed by atoms with van der Waals surface area (Å²) in [5.74, 6) is 0.113. The summed E-state index contributed by atoms with van der Waals surface area (Å²) in [4.78, 5) is 25.1. The van der Waals surface area contributed by atoms with Crippen LogP contribution in [0.15, 0.2) is 58.4 Å². The van der Waals surface area contributed by atoms with E-state index in [4.69, 9.17) is 14.2 Å². The zero-order valence-corrected chi connectivity index (χ0v) is 18.8. The first kappa shape index (κ1) is 21.9. The Morgan fingerprint density at radius 3 is 2.43 bits per heavy atom. The minimum Gasteiger partial charge on any atom is -0.493 e. The van der Waals surface area contributed by atoms with Gasteiger partial charge >= 0.3 is 5.97 Å². The molecule has 0 saturated heterocycles. The molecule has 0 saturated carbocycles. The Bertz CT molecular complexity index is 1030. The topological polar surface area (TPSA) is 73.9 Å². The molecule has 0 aliphatic carbocycles. The molecule has 6 nitrogen and oxygen atoms in total. The second-order valence-corrected chi connectivity index (χ2v) is 7.86. The van der Waals surface area contributed by atoms with Crippen LogP contribution < -0.4 is 14.8 Å². The quantitative estimate of drug-likeness (QED) is 0.430. The van der Waals surface area contributed by atoms with Gasteiger partial charge in [-0.2, -0.15) is 0 Å². The van der Waals surface area contributed by atoms with Crippen LogP contribution in [0.1, 0.15) is 17.3 Å². The number of hydrogen-bond acceptors (Lipinski definition) is 6. The first-order valence-corrected chi connectivity index (χ1v) is 10.8. The number of anilines is 1. The van der Waals surface area contributed by atoms with Crippen molar-refractivity contribution in [2.75, 3.05) is 25.6 Å². The molecule has 0 aliphatic rings.